The molecule has 0 aromatic heterocycles. The Labute approximate surface area is 102 Å². The lowest BCUT2D eigenvalue weighted by molar-refractivity contribution is -0.142. The molecule has 2 rings (SSSR count). The van der Waals surface area contributed by atoms with Crippen LogP contribution in [0.4, 0.5) is 0 Å². The van der Waals surface area contributed by atoms with E-state index in [-0.39, 0.29) is 5.97 Å². The van der Waals surface area contributed by atoms with Gasteiger partial charge in [-0.15, -0.1) is 0 Å². The van der Waals surface area contributed by atoms with Crippen LogP contribution in [0.25, 0.3) is 0 Å². The Bertz CT molecular complexity index is 455. The van der Waals surface area contributed by atoms with Crippen LogP contribution in [0, 0.1) is 20.8 Å². The summed E-state index contributed by atoms with van der Waals surface area (Å²) in [4.78, 5) is 11.5. The van der Waals surface area contributed by atoms with Gasteiger partial charge in [0.25, 0.3) is 0 Å². The first kappa shape index (κ1) is 12.1. The summed E-state index contributed by atoms with van der Waals surface area (Å²) in [6, 6.07) is 4.23. The number of carbonyl (C=O) groups is 1. The largest absolute Gasteiger partial charge is 0.467 e. The molecule has 1 aliphatic heterocycles. The second-order valence-electron chi connectivity index (χ2n) is 4.90. The van der Waals surface area contributed by atoms with Crippen molar-refractivity contribution < 1.29 is 14.3 Å². The Hall–Kier alpha value is -1.35. The third-order valence-electron chi connectivity index (χ3n) is 3.39. The molecule has 0 amide bonds. The first-order chi connectivity index (χ1) is 7.90. The lowest BCUT2D eigenvalue weighted by Gasteiger charge is -2.15. The highest BCUT2D eigenvalue weighted by Crippen LogP contribution is 2.48. The number of carbonyl (C=O) groups excluding carboxylic acids is 1. The number of esters is 1. The van der Waals surface area contributed by atoms with E-state index in [4.69, 9.17) is 9.47 Å². The fourth-order valence-electron chi connectivity index (χ4n) is 2.74. The van der Waals surface area contributed by atoms with Gasteiger partial charge in [-0.1, -0.05) is 17.7 Å². The van der Waals surface area contributed by atoms with Gasteiger partial charge in [-0.2, -0.15) is 0 Å². The molecule has 2 unspecified atom stereocenters. The summed E-state index contributed by atoms with van der Waals surface area (Å²) in [6.45, 7) is 8.12. The normalized spacial score (nSPS) is 26.8. The molecule has 1 fully saturated rings. The topological polar surface area (TPSA) is 38.8 Å². The zero-order chi connectivity index (χ0) is 12.8. The van der Waals surface area contributed by atoms with Crippen LogP contribution < -0.4 is 0 Å². The van der Waals surface area contributed by atoms with Gasteiger partial charge in [0.2, 0.25) is 0 Å². The van der Waals surface area contributed by atoms with Gasteiger partial charge >= 0.3 is 5.97 Å². The first-order valence-electron chi connectivity index (χ1n) is 5.74. The Morgan fingerprint density at radius 2 is 1.82 bits per heavy atom. The van der Waals surface area contributed by atoms with Gasteiger partial charge in [0, 0.05) is 0 Å². The monoisotopic (exact) mass is 234 g/mol. The van der Waals surface area contributed by atoms with Crippen molar-refractivity contribution in [1.29, 1.82) is 0 Å². The van der Waals surface area contributed by atoms with E-state index in [2.05, 4.69) is 32.9 Å². The fourth-order valence-corrected chi connectivity index (χ4v) is 2.74. The molecular formula is C14H18O3. The van der Waals surface area contributed by atoms with Crippen molar-refractivity contribution in [3.8, 4) is 0 Å². The molecule has 0 N–H and O–H groups in total. The highest BCUT2D eigenvalue weighted by atomic mass is 16.6. The van der Waals surface area contributed by atoms with Crippen molar-refractivity contribution >= 4 is 5.97 Å². The standard InChI is InChI=1S/C14H18O3/c1-8-6-9(2)11(10(3)7-8)14(4)12(17-14)13(15)16-5/h6-7,12H,1-5H3. The van der Waals surface area contributed by atoms with Crippen LogP contribution in [0.1, 0.15) is 29.2 Å². The molecule has 2 atom stereocenters. The van der Waals surface area contributed by atoms with Crippen molar-refractivity contribution in [1.82, 2.24) is 0 Å². The summed E-state index contributed by atoms with van der Waals surface area (Å²) in [5, 5.41) is 0. The van der Waals surface area contributed by atoms with E-state index in [0.29, 0.717) is 0 Å². The minimum Gasteiger partial charge on any atom is -0.467 e. The van der Waals surface area contributed by atoms with E-state index in [0.717, 1.165) is 16.7 Å². The molecule has 0 bridgehead atoms. The van der Waals surface area contributed by atoms with Gasteiger partial charge in [-0.25, -0.2) is 4.79 Å². The number of hydrogen-bond donors (Lipinski definition) is 0. The molecule has 1 heterocycles. The van der Waals surface area contributed by atoms with E-state index in [1.54, 1.807) is 0 Å². The lowest BCUT2D eigenvalue weighted by atomic mass is 9.88. The van der Waals surface area contributed by atoms with Crippen molar-refractivity contribution in [2.24, 2.45) is 0 Å². The summed E-state index contributed by atoms with van der Waals surface area (Å²) in [7, 11) is 1.39. The first-order valence-corrected chi connectivity index (χ1v) is 5.74. The quantitative estimate of drug-likeness (QED) is 0.582. The minimum atomic E-state index is -0.519. The van der Waals surface area contributed by atoms with Crippen molar-refractivity contribution in [2.75, 3.05) is 7.11 Å². The molecule has 1 saturated heterocycles. The molecule has 0 radical (unpaired) electrons. The third-order valence-corrected chi connectivity index (χ3v) is 3.39. The summed E-state index contributed by atoms with van der Waals surface area (Å²) in [6.07, 6.45) is -0.465. The van der Waals surface area contributed by atoms with Crippen LogP contribution in [0.2, 0.25) is 0 Å². The van der Waals surface area contributed by atoms with E-state index in [1.165, 1.54) is 12.7 Å². The predicted molar refractivity (Wildman–Crippen MR) is 64.9 cm³/mol. The van der Waals surface area contributed by atoms with E-state index in [1.807, 2.05) is 6.92 Å². The highest BCUT2D eigenvalue weighted by Gasteiger charge is 2.60. The zero-order valence-electron chi connectivity index (χ0n) is 11.0. The van der Waals surface area contributed by atoms with Crippen LogP contribution >= 0.6 is 0 Å². The number of methoxy groups -OCH3 is 1. The van der Waals surface area contributed by atoms with Gasteiger partial charge in [-0.05, 0) is 44.4 Å². The molecular weight excluding hydrogens is 216 g/mol. The maximum atomic E-state index is 11.5. The average molecular weight is 234 g/mol. The van der Waals surface area contributed by atoms with Crippen LogP contribution in [-0.2, 0) is 19.9 Å². The molecule has 1 aliphatic rings. The molecule has 1 aromatic rings. The minimum absolute atomic E-state index is 0.299. The number of epoxide rings is 1. The fraction of sp³-hybridized carbons (Fsp3) is 0.500. The number of hydrogen-bond acceptors (Lipinski definition) is 3. The number of benzene rings is 1. The van der Waals surface area contributed by atoms with Crippen molar-refractivity contribution in [3.05, 3.63) is 34.4 Å². The second-order valence-corrected chi connectivity index (χ2v) is 4.90. The average Bonchev–Trinajstić information content (AvgIpc) is 2.88. The predicted octanol–water partition coefficient (Wildman–Crippen LogP) is 2.40. The van der Waals surface area contributed by atoms with Gasteiger partial charge in [0.05, 0.1) is 7.11 Å². The van der Waals surface area contributed by atoms with Crippen molar-refractivity contribution in [2.45, 2.75) is 39.4 Å². The molecule has 1 aromatic carbocycles. The molecule has 0 spiro atoms. The van der Waals surface area contributed by atoms with E-state index < -0.39 is 11.7 Å². The lowest BCUT2D eigenvalue weighted by Crippen LogP contribution is -2.19. The molecule has 3 nitrogen and oxygen atoms in total. The van der Waals surface area contributed by atoms with Crippen LogP contribution in [0.5, 0.6) is 0 Å². The smallest absolute Gasteiger partial charge is 0.338 e. The van der Waals surface area contributed by atoms with Crippen LogP contribution in [-0.4, -0.2) is 19.2 Å². The number of aryl methyl sites for hydroxylation is 3. The molecule has 0 aliphatic carbocycles. The van der Waals surface area contributed by atoms with Crippen LogP contribution in [0.3, 0.4) is 0 Å². The summed E-state index contributed by atoms with van der Waals surface area (Å²) < 4.78 is 10.3. The summed E-state index contributed by atoms with van der Waals surface area (Å²) in [5.74, 6) is -0.299. The van der Waals surface area contributed by atoms with E-state index in [9.17, 15) is 4.79 Å². The SMILES string of the molecule is COC(=O)C1OC1(C)c1c(C)cc(C)cc1C. The number of rotatable bonds is 2. The highest BCUT2D eigenvalue weighted by molar-refractivity contribution is 5.80. The zero-order valence-corrected chi connectivity index (χ0v) is 11.0. The van der Waals surface area contributed by atoms with Gasteiger partial charge in [-0.3, -0.25) is 0 Å². The number of ether oxygens (including phenoxy) is 2. The van der Waals surface area contributed by atoms with Gasteiger partial charge in [0.1, 0.15) is 5.60 Å². The Kier molecular flexibility index (Phi) is 2.74. The third kappa shape index (κ3) is 1.84. The summed E-state index contributed by atoms with van der Waals surface area (Å²) >= 11 is 0. The summed E-state index contributed by atoms with van der Waals surface area (Å²) in [5.41, 5.74) is 4.14. The Morgan fingerprint density at radius 3 is 2.29 bits per heavy atom. The Balaban J connectivity index is 2.40. The molecule has 3 heteroatoms. The molecule has 0 saturated carbocycles. The molecule has 92 valence electrons. The maximum absolute atomic E-state index is 11.5. The van der Waals surface area contributed by atoms with Crippen LogP contribution in [0.15, 0.2) is 12.1 Å². The van der Waals surface area contributed by atoms with E-state index >= 15 is 0 Å². The Morgan fingerprint density at radius 1 is 1.29 bits per heavy atom. The second kappa shape index (κ2) is 3.84. The maximum Gasteiger partial charge on any atom is 0.338 e. The molecule has 17 heavy (non-hydrogen) atoms. The van der Waals surface area contributed by atoms with Gasteiger partial charge in [0.15, 0.2) is 6.10 Å². The van der Waals surface area contributed by atoms with Gasteiger partial charge < -0.3 is 9.47 Å². The van der Waals surface area contributed by atoms with Crippen molar-refractivity contribution in [3.63, 3.8) is 0 Å².